The summed E-state index contributed by atoms with van der Waals surface area (Å²) in [5.41, 5.74) is 2.63. The molecule has 0 radical (unpaired) electrons. The van der Waals surface area contributed by atoms with E-state index in [4.69, 9.17) is 0 Å². The zero-order chi connectivity index (χ0) is 13.4. The molecule has 3 nitrogen and oxygen atoms in total. The lowest BCUT2D eigenvalue weighted by molar-refractivity contribution is -0.144. The average Bonchev–Trinajstić information content (AvgIpc) is 2.62. The maximum absolute atomic E-state index is 11.2. The molecule has 2 fully saturated rings. The van der Waals surface area contributed by atoms with Gasteiger partial charge in [-0.15, -0.1) is 0 Å². The third-order valence-corrected chi connectivity index (χ3v) is 4.72. The van der Waals surface area contributed by atoms with E-state index in [2.05, 4.69) is 36.1 Å². The third kappa shape index (κ3) is 2.52. The molecule has 0 spiro atoms. The second kappa shape index (κ2) is 4.97. The van der Waals surface area contributed by atoms with E-state index >= 15 is 0 Å². The van der Waals surface area contributed by atoms with Gasteiger partial charge in [0.1, 0.15) is 0 Å². The van der Waals surface area contributed by atoms with Gasteiger partial charge in [0, 0.05) is 18.6 Å². The zero-order valence-corrected chi connectivity index (χ0v) is 11.4. The molecule has 1 N–H and O–H groups in total. The van der Waals surface area contributed by atoms with E-state index < -0.39 is 5.97 Å². The summed E-state index contributed by atoms with van der Waals surface area (Å²) in [4.78, 5) is 13.7. The predicted octanol–water partition coefficient (Wildman–Crippen LogP) is 2.82. The van der Waals surface area contributed by atoms with Gasteiger partial charge in [0.2, 0.25) is 0 Å². The van der Waals surface area contributed by atoms with E-state index in [1.165, 1.54) is 24.0 Å². The Hall–Kier alpha value is -1.35. The smallest absolute Gasteiger partial charge is 0.306 e. The van der Waals surface area contributed by atoms with Crippen LogP contribution in [0.25, 0.3) is 0 Å². The zero-order valence-electron chi connectivity index (χ0n) is 11.4. The number of hydrogen-bond acceptors (Lipinski definition) is 2. The van der Waals surface area contributed by atoms with Crippen molar-refractivity contribution >= 4 is 5.97 Å². The number of hydrogen-bond donors (Lipinski definition) is 1. The van der Waals surface area contributed by atoms with Crippen molar-refractivity contribution in [2.24, 2.45) is 5.92 Å². The highest BCUT2D eigenvalue weighted by molar-refractivity contribution is 5.70. The lowest BCUT2D eigenvalue weighted by atomic mass is 9.90. The Morgan fingerprint density at radius 1 is 1.21 bits per heavy atom. The van der Waals surface area contributed by atoms with Crippen LogP contribution in [0.1, 0.15) is 36.8 Å². The molecule has 0 aromatic heterocycles. The average molecular weight is 259 g/mol. The first kappa shape index (κ1) is 12.7. The molecular weight excluding hydrogens is 238 g/mol. The summed E-state index contributed by atoms with van der Waals surface area (Å²) in [5.74, 6) is -0.723. The molecule has 102 valence electrons. The van der Waals surface area contributed by atoms with Crippen molar-refractivity contribution in [3.63, 3.8) is 0 Å². The fraction of sp³-hybridized carbons (Fsp3) is 0.562. The Bertz CT molecular complexity index is 454. The number of aryl methyl sites for hydroxylation is 1. The molecule has 2 saturated heterocycles. The van der Waals surface area contributed by atoms with Gasteiger partial charge in [-0.3, -0.25) is 9.69 Å². The Labute approximate surface area is 114 Å². The van der Waals surface area contributed by atoms with Gasteiger partial charge in [-0.25, -0.2) is 0 Å². The normalized spacial score (nSPS) is 30.5. The molecule has 3 rings (SSSR count). The van der Waals surface area contributed by atoms with Gasteiger partial charge in [0.25, 0.3) is 0 Å². The number of benzene rings is 1. The van der Waals surface area contributed by atoms with Gasteiger partial charge in [-0.1, -0.05) is 29.8 Å². The van der Waals surface area contributed by atoms with Crippen LogP contribution < -0.4 is 0 Å². The van der Waals surface area contributed by atoms with Gasteiger partial charge in [-0.05, 0) is 38.2 Å². The first-order valence-corrected chi connectivity index (χ1v) is 7.17. The molecule has 2 aliphatic heterocycles. The number of aliphatic carboxylic acids is 1. The summed E-state index contributed by atoms with van der Waals surface area (Å²) < 4.78 is 0. The summed E-state index contributed by atoms with van der Waals surface area (Å²) >= 11 is 0. The number of carboxylic acids is 1. The minimum atomic E-state index is -0.605. The fourth-order valence-corrected chi connectivity index (χ4v) is 3.64. The highest BCUT2D eigenvalue weighted by atomic mass is 16.4. The first-order valence-electron chi connectivity index (χ1n) is 7.17. The van der Waals surface area contributed by atoms with Crippen LogP contribution in [0.5, 0.6) is 0 Å². The van der Waals surface area contributed by atoms with E-state index in [1.54, 1.807) is 0 Å². The summed E-state index contributed by atoms with van der Waals surface area (Å²) in [6.45, 7) is 3.08. The Kier molecular flexibility index (Phi) is 3.31. The molecule has 2 atom stereocenters. The molecule has 2 unspecified atom stereocenters. The van der Waals surface area contributed by atoms with Crippen molar-refractivity contribution in [1.29, 1.82) is 0 Å². The predicted molar refractivity (Wildman–Crippen MR) is 73.9 cm³/mol. The van der Waals surface area contributed by atoms with Gasteiger partial charge >= 0.3 is 5.97 Å². The standard InChI is InChI=1S/C16H21NO2/c1-11-2-4-12(5-3-11)10-17-14-6-7-15(17)9-13(8-14)16(18)19/h2-5,13-15H,6-10H2,1H3,(H,18,19). The molecular formula is C16H21NO2. The van der Waals surface area contributed by atoms with Crippen LogP contribution in [0.2, 0.25) is 0 Å². The van der Waals surface area contributed by atoms with E-state index in [9.17, 15) is 9.90 Å². The molecule has 1 aromatic carbocycles. The minimum absolute atomic E-state index is 0.119. The molecule has 3 heteroatoms. The molecule has 2 bridgehead atoms. The van der Waals surface area contributed by atoms with Crippen molar-refractivity contribution in [1.82, 2.24) is 4.90 Å². The number of rotatable bonds is 3. The maximum atomic E-state index is 11.2. The summed E-state index contributed by atoms with van der Waals surface area (Å²) in [6.07, 6.45) is 4.00. The van der Waals surface area contributed by atoms with Crippen molar-refractivity contribution in [3.05, 3.63) is 35.4 Å². The molecule has 0 saturated carbocycles. The second-order valence-electron chi connectivity index (χ2n) is 6.05. The van der Waals surface area contributed by atoms with E-state index in [-0.39, 0.29) is 5.92 Å². The highest BCUT2D eigenvalue weighted by Crippen LogP contribution is 2.39. The van der Waals surface area contributed by atoms with Gasteiger partial charge in [-0.2, -0.15) is 0 Å². The molecule has 2 aliphatic rings. The lowest BCUT2D eigenvalue weighted by Crippen LogP contribution is -2.44. The van der Waals surface area contributed by atoms with Crippen LogP contribution >= 0.6 is 0 Å². The molecule has 1 aromatic rings. The van der Waals surface area contributed by atoms with Gasteiger partial charge in [0.05, 0.1) is 5.92 Å². The molecule has 19 heavy (non-hydrogen) atoms. The van der Waals surface area contributed by atoms with Crippen LogP contribution in [-0.2, 0) is 11.3 Å². The number of fused-ring (bicyclic) bond motifs is 2. The van der Waals surface area contributed by atoms with Crippen molar-refractivity contribution < 1.29 is 9.90 Å². The Balaban J connectivity index is 1.70. The van der Waals surface area contributed by atoms with Crippen LogP contribution in [0, 0.1) is 12.8 Å². The summed E-state index contributed by atoms with van der Waals surface area (Å²) in [7, 11) is 0. The third-order valence-electron chi connectivity index (χ3n) is 4.72. The monoisotopic (exact) mass is 259 g/mol. The van der Waals surface area contributed by atoms with Gasteiger partial charge < -0.3 is 5.11 Å². The van der Waals surface area contributed by atoms with Crippen LogP contribution in [0.3, 0.4) is 0 Å². The van der Waals surface area contributed by atoms with Crippen molar-refractivity contribution in [2.75, 3.05) is 0 Å². The first-order chi connectivity index (χ1) is 9.13. The quantitative estimate of drug-likeness (QED) is 0.907. The number of carboxylic acid groups (broad SMARTS) is 1. The number of piperidine rings is 1. The second-order valence-corrected chi connectivity index (χ2v) is 6.05. The van der Waals surface area contributed by atoms with E-state index in [0.29, 0.717) is 12.1 Å². The minimum Gasteiger partial charge on any atom is -0.481 e. The van der Waals surface area contributed by atoms with Crippen molar-refractivity contribution in [2.45, 2.75) is 51.2 Å². The molecule has 0 amide bonds. The highest BCUT2D eigenvalue weighted by Gasteiger charge is 2.42. The van der Waals surface area contributed by atoms with Crippen LogP contribution in [0.15, 0.2) is 24.3 Å². The maximum Gasteiger partial charge on any atom is 0.306 e. The van der Waals surface area contributed by atoms with Crippen LogP contribution in [0.4, 0.5) is 0 Å². The van der Waals surface area contributed by atoms with Crippen molar-refractivity contribution in [3.8, 4) is 0 Å². The van der Waals surface area contributed by atoms with Gasteiger partial charge in [0.15, 0.2) is 0 Å². The topological polar surface area (TPSA) is 40.5 Å². The Morgan fingerprint density at radius 3 is 2.32 bits per heavy atom. The fourth-order valence-electron chi connectivity index (χ4n) is 3.64. The van der Waals surface area contributed by atoms with E-state index in [0.717, 1.165) is 19.4 Å². The lowest BCUT2D eigenvalue weighted by Gasteiger charge is -2.37. The molecule has 2 heterocycles. The number of carbonyl (C=O) groups is 1. The summed E-state index contributed by atoms with van der Waals surface area (Å²) in [6, 6.07) is 9.64. The summed E-state index contributed by atoms with van der Waals surface area (Å²) in [5, 5.41) is 9.19. The number of nitrogens with zero attached hydrogens (tertiary/aromatic N) is 1. The van der Waals surface area contributed by atoms with E-state index in [1.807, 2.05) is 0 Å². The van der Waals surface area contributed by atoms with Crippen LogP contribution in [-0.4, -0.2) is 28.1 Å². The SMILES string of the molecule is Cc1ccc(CN2C3CCC2CC(C(=O)O)C3)cc1. The largest absolute Gasteiger partial charge is 0.481 e. The Morgan fingerprint density at radius 2 is 1.79 bits per heavy atom. The molecule has 0 aliphatic carbocycles.